The standard InChI is InChI=1S/C11H20N4O3/c1-10(2,3)18-9(16)15-6-5-11(4,17)8(7-15)13-14-12/h8,17H,5-7H2,1-4H3. The van der Waals surface area contributed by atoms with Crippen LogP contribution in [0, 0.1) is 0 Å². The minimum Gasteiger partial charge on any atom is -0.444 e. The molecule has 0 aliphatic carbocycles. The second-order valence-corrected chi connectivity index (χ2v) is 5.75. The number of likely N-dealkylation sites (tertiary alicyclic amines) is 1. The summed E-state index contributed by atoms with van der Waals surface area (Å²) in [5.41, 5.74) is 6.83. The molecule has 7 heteroatoms. The number of carbonyl (C=O) groups is 1. The van der Waals surface area contributed by atoms with Gasteiger partial charge in [-0.3, -0.25) is 0 Å². The fourth-order valence-corrected chi connectivity index (χ4v) is 1.74. The number of hydrogen-bond donors (Lipinski definition) is 1. The number of hydrogen-bond acceptors (Lipinski definition) is 4. The molecule has 0 bridgehead atoms. The Morgan fingerprint density at radius 3 is 2.72 bits per heavy atom. The van der Waals surface area contributed by atoms with Gasteiger partial charge in [0.15, 0.2) is 0 Å². The van der Waals surface area contributed by atoms with Crippen LogP contribution in [-0.4, -0.2) is 46.4 Å². The van der Waals surface area contributed by atoms with Crippen molar-refractivity contribution in [3.8, 4) is 0 Å². The van der Waals surface area contributed by atoms with Crippen molar-refractivity contribution < 1.29 is 14.6 Å². The van der Waals surface area contributed by atoms with Gasteiger partial charge < -0.3 is 14.7 Å². The Morgan fingerprint density at radius 2 is 2.22 bits per heavy atom. The van der Waals surface area contributed by atoms with Crippen LogP contribution in [0.2, 0.25) is 0 Å². The SMILES string of the molecule is CC(C)(C)OC(=O)N1CCC(C)(O)C(N=[N+]=[N-])C1. The lowest BCUT2D eigenvalue weighted by Gasteiger charge is -2.40. The molecule has 0 saturated carbocycles. The van der Waals surface area contributed by atoms with Gasteiger partial charge in [0.25, 0.3) is 0 Å². The molecule has 0 spiro atoms. The molecule has 1 fully saturated rings. The molecule has 0 aromatic carbocycles. The Balaban J connectivity index is 2.72. The van der Waals surface area contributed by atoms with Crippen LogP contribution < -0.4 is 0 Å². The lowest BCUT2D eigenvalue weighted by Crippen LogP contribution is -2.55. The van der Waals surface area contributed by atoms with Crippen molar-refractivity contribution in [2.45, 2.75) is 51.4 Å². The molecule has 1 aliphatic rings. The first-order valence-electron chi connectivity index (χ1n) is 5.90. The summed E-state index contributed by atoms with van der Waals surface area (Å²) < 4.78 is 5.24. The van der Waals surface area contributed by atoms with E-state index in [0.717, 1.165) is 0 Å². The van der Waals surface area contributed by atoms with Gasteiger partial charge in [-0.05, 0) is 39.6 Å². The molecule has 1 amide bonds. The molecule has 7 nitrogen and oxygen atoms in total. The number of amides is 1. The van der Waals surface area contributed by atoms with E-state index in [4.69, 9.17) is 10.3 Å². The van der Waals surface area contributed by atoms with Crippen LogP contribution in [0.4, 0.5) is 4.79 Å². The first-order valence-corrected chi connectivity index (χ1v) is 5.90. The van der Waals surface area contributed by atoms with Gasteiger partial charge in [-0.25, -0.2) is 4.79 Å². The van der Waals surface area contributed by atoms with E-state index in [1.807, 2.05) is 0 Å². The van der Waals surface area contributed by atoms with Crippen LogP contribution in [0.15, 0.2) is 5.11 Å². The largest absolute Gasteiger partial charge is 0.444 e. The number of nitrogens with zero attached hydrogens (tertiary/aromatic N) is 4. The normalized spacial score (nSPS) is 28.5. The fraction of sp³-hybridized carbons (Fsp3) is 0.909. The van der Waals surface area contributed by atoms with E-state index < -0.39 is 23.3 Å². The highest BCUT2D eigenvalue weighted by Gasteiger charge is 2.39. The molecule has 0 radical (unpaired) electrons. The average molecular weight is 256 g/mol. The molecule has 1 aliphatic heterocycles. The molecule has 2 unspecified atom stereocenters. The molecule has 1 heterocycles. The van der Waals surface area contributed by atoms with E-state index in [-0.39, 0.29) is 6.54 Å². The zero-order valence-electron chi connectivity index (χ0n) is 11.3. The Morgan fingerprint density at radius 1 is 1.61 bits per heavy atom. The van der Waals surface area contributed by atoms with Crippen LogP contribution >= 0.6 is 0 Å². The average Bonchev–Trinajstić information content (AvgIpc) is 2.18. The van der Waals surface area contributed by atoms with Crippen LogP contribution in [0.5, 0.6) is 0 Å². The number of ether oxygens (including phenoxy) is 1. The molecule has 1 N–H and O–H groups in total. The van der Waals surface area contributed by atoms with Gasteiger partial charge >= 0.3 is 6.09 Å². The number of piperidine rings is 1. The predicted octanol–water partition coefficient (Wildman–Crippen LogP) is 2.06. The predicted molar refractivity (Wildman–Crippen MR) is 66.0 cm³/mol. The van der Waals surface area contributed by atoms with Gasteiger partial charge in [0.2, 0.25) is 0 Å². The van der Waals surface area contributed by atoms with Crippen LogP contribution in [0.3, 0.4) is 0 Å². The smallest absolute Gasteiger partial charge is 0.410 e. The first-order chi connectivity index (χ1) is 8.15. The lowest BCUT2D eigenvalue weighted by atomic mass is 9.89. The van der Waals surface area contributed by atoms with Gasteiger partial charge in [0.05, 0.1) is 11.6 Å². The van der Waals surface area contributed by atoms with Crippen molar-refractivity contribution >= 4 is 6.09 Å². The van der Waals surface area contributed by atoms with Gasteiger partial charge in [0, 0.05) is 18.0 Å². The van der Waals surface area contributed by atoms with Crippen LogP contribution in [0.25, 0.3) is 10.4 Å². The molecule has 102 valence electrons. The van der Waals surface area contributed by atoms with Crippen molar-refractivity contribution in [1.82, 2.24) is 4.90 Å². The quantitative estimate of drug-likeness (QED) is 0.441. The Bertz CT molecular complexity index is 369. The molecular weight excluding hydrogens is 236 g/mol. The summed E-state index contributed by atoms with van der Waals surface area (Å²) in [7, 11) is 0. The third-order valence-corrected chi connectivity index (χ3v) is 2.84. The number of aliphatic hydroxyl groups is 1. The van der Waals surface area contributed by atoms with E-state index in [0.29, 0.717) is 13.0 Å². The third kappa shape index (κ3) is 3.78. The number of rotatable bonds is 1. The topological polar surface area (TPSA) is 98.5 Å². The van der Waals surface area contributed by atoms with E-state index in [1.54, 1.807) is 27.7 Å². The minimum absolute atomic E-state index is 0.173. The Labute approximate surface area is 106 Å². The fourth-order valence-electron chi connectivity index (χ4n) is 1.74. The van der Waals surface area contributed by atoms with E-state index in [9.17, 15) is 9.90 Å². The zero-order chi connectivity index (χ0) is 14.0. The highest BCUT2D eigenvalue weighted by molar-refractivity contribution is 5.68. The molecule has 2 atom stereocenters. The molecule has 18 heavy (non-hydrogen) atoms. The summed E-state index contributed by atoms with van der Waals surface area (Å²) in [5, 5.41) is 13.6. The van der Waals surface area contributed by atoms with Crippen molar-refractivity contribution in [2.24, 2.45) is 5.11 Å². The molecule has 0 aromatic rings. The van der Waals surface area contributed by atoms with Crippen molar-refractivity contribution in [2.75, 3.05) is 13.1 Å². The van der Waals surface area contributed by atoms with Gasteiger partial charge in [0.1, 0.15) is 5.60 Å². The summed E-state index contributed by atoms with van der Waals surface area (Å²) in [5.74, 6) is 0. The number of azide groups is 1. The maximum atomic E-state index is 11.9. The summed E-state index contributed by atoms with van der Waals surface area (Å²) in [4.78, 5) is 16.0. The lowest BCUT2D eigenvalue weighted by molar-refractivity contribution is -0.0341. The Hall–Kier alpha value is -1.46. The maximum Gasteiger partial charge on any atom is 0.410 e. The zero-order valence-corrected chi connectivity index (χ0v) is 11.3. The number of carbonyl (C=O) groups excluding carboxylic acids is 1. The van der Waals surface area contributed by atoms with Crippen LogP contribution in [0.1, 0.15) is 34.1 Å². The summed E-state index contributed by atoms with van der Waals surface area (Å²) in [6.45, 7) is 7.53. The molecule has 0 aromatic heterocycles. The van der Waals surface area contributed by atoms with E-state index in [1.165, 1.54) is 4.90 Å². The van der Waals surface area contributed by atoms with Crippen molar-refractivity contribution in [1.29, 1.82) is 0 Å². The highest BCUT2D eigenvalue weighted by Crippen LogP contribution is 2.25. The molecule has 1 saturated heterocycles. The molecule has 1 rings (SSSR count). The highest BCUT2D eigenvalue weighted by atomic mass is 16.6. The van der Waals surface area contributed by atoms with Gasteiger partial charge in [-0.15, -0.1) is 0 Å². The second-order valence-electron chi connectivity index (χ2n) is 5.75. The van der Waals surface area contributed by atoms with Crippen molar-refractivity contribution in [3.63, 3.8) is 0 Å². The summed E-state index contributed by atoms with van der Waals surface area (Å²) in [6.07, 6.45) is -0.0909. The second kappa shape index (κ2) is 5.04. The van der Waals surface area contributed by atoms with E-state index >= 15 is 0 Å². The van der Waals surface area contributed by atoms with E-state index in [2.05, 4.69) is 10.0 Å². The van der Waals surface area contributed by atoms with Crippen molar-refractivity contribution in [3.05, 3.63) is 10.4 Å². The maximum absolute atomic E-state index is 11.9. The Kier molecular flexibility index (Phi) is 4.09. The summed E-state index contributed by atoms with van der Waals surface area (Å²) in [6, 6.07) is -0.649. The molecular formula is C11H20N4O3. The first kappa shape index (κ1) is 14.6. The van der Waals surface area contributed by atoms with Gasteiger partial charge in [-0.1, -0.05) is 5.11 Å². The van der Waals surface area contributed by atoms with Crippen LogP contribution in [-0.2, 0) is 4.74 Å². The third-order valence-electron chi connectivity index (χ3n) is 2.84. The minimum atomic E-state index is -1.08. The van der Waals surface area contributed by atoms with Gasteiger partial charge in [-0.2, -0.15) is 0 Å². The monoisotopic (exact) mass is 256 g/mol. The summed E-state index contributed by atoms with van der Waals surface area (Å²) >= 11 is 0.